The number of rotatable bonds is 6. The molecular formula is C17H19ClN2O3. The summed E-state index contributed by atoms with van der Waals surface area (Å²) < 4.78 is 1.81. The molecule has 0 spiro atoms. The molecular weight excluding hydrogens is 316 g/mol. The fourth-order valence-electron chi connectivity index (χ4n) is 2.53. The maximum Gasteiger partial charge on any atom is 0.337 e. The molecule has 0 bridgehead atoms. The first-order valence-corrected chi connectivity index (χ1v) is 7.73. The highest BCUT2D eigenvalue weighted by Gasteiger charge is 2.20. The number of carboxylic acid groups (broad SMARTS) is 1. The molecule has 0 saturated heterocycles. The molecule has 6 heteroatoms. The van der Waals surface area contributed by atoms with Crippen molar-refractivity contribution >= 4 is 23.5 Å². The van der Waals surface area contributed by atoms with Crippen molar-refractivity contribution in [2.45, 2.75) is 33.4 Å². The lowest BCUT2D eigenvalue weighted by Crippen LogP contribution is -2.26. The summed E-state index contributed by atoms with van der Waals surface area (Å²) in [5.41, 5.74) is 2.35. The van der Waals surface area contributed by atoms with Crippen molar-refractivity contribution < 1.29 is 14.7 Å². The molecule has 2 rings (SSSR count). The van der Waals surface area contributed by atoms with Gasteiger partial charge in [0, 0.05) is 30.0 Å². The Balaban J connectivity index is 2.08. The Labute approximate surface area is 139 Å². The van der Waals surface area contributed by atoms with Crippen LogP contribution < -0.4 is 5.32 Å². The average molecular weight is 335 g/mol. The Hall–Kier alpha value is -2.27. The van der Waals surface area contributed by atoms with Crippen molar-refractivity contribution in [2.75, 3.05) is 0 Å². The third-order valence-corrected chi connectivity index (χ3v) is 3.92. The summed E-state index contributed by atoms with van der Waals surface area (Å²) in [6.45, 7) is 4.66. The molecule has 122 valence electrons. The first-order valence-electron chi connectivity index (χ1n) is 7.35. The molecule has 23 heavy (non-hydrogen) atoms. The Morgan fingerprint density at radius 3 is 2.48 bits per heavy atom. The number of amides is 1. The lowest BCUT2D eigenvalue weighted by molar-refractivity contribution is -0.120. The molecule has 1 aromatic heterocycles. The van der Waals surface area contributed by atoms with E-state index in [9.17, 15) is 14.7 Å². The second-order valence-corrected chi connectivity index (χ2v) is 5.74. The molecule has 0 radical (unpaired) electrons. The highest BCUT2D eigenvalue weighted by Crippen LogP contribution is 2.18. The first-order chi connectivity index (χ1) is 10.9. The van der Waals surface area contributed by atoms with Crippen LogP contribution in [0.1, 0.15) is 34.1 Å². The predicted octanol–water partition coefficient (Wildman–Crippen LogP) is 3.03. The molecule has 0 aliphatic heterocycles. The molecule has 0 saturated carbocycles. The third-order valence-electron chi connectivity index (χ3n) is 3.66. The van der Waals surface area contributed by atoms with Crippen molar-refractivity contribution in [3.05, 3.63) is 57.9 Å². The number of aromatic nitrogens is 1. The van der Waals surface area contributed by atoms with Crippen LogP contribution in [0.4, 0.5) is 0 Å². The van der Waals surface area contributed by atoms with E-state index in [0.29, 0.717) is 29.4 Å². The van der Waals surface area contributed by atoms with Crippen LogP contribution in [0.3, 0.4) is 0 Å². The van der Waals surface area contributed by atoms with Crippen molar-refractivity contribution in [3.8, 4) is 0 Å². The summed E-state index contributed by atoms with van der Waals surface area (Å²) >= 11 is 5.82. The van der Waals surface area contributed by atoms with Gasteiger partial charge in [0.1, 0.15) is 0 Å². The number of nitrogens with one attached hydrogen (secondary N) is 1. The standard InChI is InChI=1S/C17H19ClN2O3/c1-3-20-10-11(2)16(17(22)23)14(20)8-15(21)19-9-12-4-6-13(18)7-5-12/h4-7,10H,3,8-9H2,1-2H3,(H,19,21)(H,22,23). The van der Waals surface area contributed by atoms with Gasteiger partial charge in [0.25, 0.3) is 0 Å². The topological polar surface area (TPSA) is 71.3 Å². The fourth-order valence-corrected chi connectivity index (χ4v) is 2.66. The van der Waals surface area contributed by atoms with E-state index in [2.05, 4.69) is 5.32 Å². The van der Waals surface area contributed by atoms with Gasteiger partial charge in [-0.2, -0.15) is 0 Å². The van der Waals surface area contributed by atoms with Gasteiger partial charge >= 0.3 is 5.97 Å². The molecule has 1 heterocycles. The van der Waals surface area contributed by atoms with Gasteiger partial charge in [0.05, 0.1) is 12.0 Å². The van der Waals surface area contributed by atoms with E-state index < -0.39 is 5.97 Å². The van der Waals surface area contributed by atoms with Crippen LogP contribution in [0, 0.1) is 6.92 Å². The van der Waals surface area contributed by atoms with Crippen LogP contribution in [0.2, 0.25) is 5.02 Å². The fraction of sp³-hybridized carbons (Fsp3) is 0.294. The zero-order valence-corrected chi connectivity index (χ0v) is 13.9. The van der Waals surface area contributed by atoms with E-state index >= 15 is 0 Å². The largest absolute Gasteiger partial charge is 0.478 e. The Kier molecular flexibility index (Phi) is 5.45. The molecule has 0 fully saturated rings. The van der Waals surface area contributed by atoms with Gasteiger partial charge < -0.3 is 15.0 Å². The van der Waals surface area contributed by atoms with Gasteiger partial charge in [-0.25, -0.2) is 4.79 Å². The molecule has 2 aromatic rings. The second-order valence-electron chi connectivity index (χ2n) is 5.30. The zero-order valence-electron chi connectivity index (χ0n) is 13.1. The molecule has 2 N–H and O–H groups in total. The summed E-state index contributed by atoms with van der Waals surface area (Å²) in [5.74, 6) is -1.22. The van der Waals surface area contributed by atoms with Crippen LogP contribution in [0.25, 0.3) is 0 Å². The molecule has 5 nitrogen and oxygen atoms in total. The van der Waals surface area contributed by atoms with Crippen LogP contribution in [-0.4, -0.2) is 21.6 Å². The number of hydrogen-bond acceptors (Lipinski definition) is 2. The number of carbonyl (C=O) groups is 2. The normalized spacial score (nSPS) is 10.6. The SMILES string of the molecule is CCn1cc(C)c(C(=O)O)c1CC(=O)NCc1ccc(Cl)cc1. The van der Waals surface area contributed by atoms with Crippen molar-refractivity contribution in [2.24, 2.45) is 0 Å². The van der Waals surface area contributed by atoms with Crippen LogP contribution >= 0.6 is 11.6 Å². The number of benzene rings is 1. The number of nitrogens with zero attached hydrogens (tertiary/aromatic N) is 1. The molecule has 0 aliphatic carbocycles. The Morgan fingerprint density at radius 1 is 1.26 bits per heavy atom. The van der Waals surface area contributed by atoms with Gasteiger partial charge in [-0.05, 0) is 37.1 Å². The van der Waals surface area contributed by atoms with Crippen molar-refractivity contribution in [3.63, 3.8) is 0 Å². The van der Waals surface area contributed by atoms with Crippen LogP contribution in [0.5, 0.6) is 0 Å². The molecule has 0 atom stereocenters. The number of aromatic carboxylic acids is 1. The second kappa shape index (κ2) is 7.33. The lowest BCUT2D eigenvalue weighted by Gasteiger charge is -2.09. The third kappa shape index (κ3) is 4.13. The highest BCUT2D eigenvalue weighted by atomic mass is 35.5. The Morgan fingerprint density at radius 2 is 1.91 bits per heavy atom. The van der Waals surface area contributed by atoms with Gasteiger partial charge in [-0.3, -0.25) is 4.79 Å². The van der Waals surface area contributed by atoms with E-state index in [-0.39, 0.29) is 17.9 Å². The Bertz CT molecular complexity index is 720. The van der Waals surface area contributed by atoms with Gasteiger partial charge in [0.2, 0.25) is 5.91 Å². The summed E-state index contributed by atoms with van der Waals surface area (Å²) in [4.78, 5) is 23.6. The smallest absolute Gasteiger partial charge is 0.337 e. The maximum absolute atomic E-state index is 12.2. The molecule has 0 unspecified atom stereocenters. The summed E-state index contributed by atoms with van der Waals surface area (Å²) in [6.07, 6.45) is 1.81. The van der Waals surface area contributed by atoms with E-state index in [0.717, 1.165) is 5.56 Å². The number of hydrogen-bond donors (Lipinski definition) is 2. The highest BCUT2D eigenvalue weighted by molar-refractivity contribution is 6.30. The minimum atomic E-state index is -1.00. The van der Waals surface area contributed by atoms with E-state index in [1.54, 1.807) is 29.8 Å². The van der Waals surface area contributed by atoms with Crippen LogP contribution in [0.15, 0.2) is 30.5 Å². The van der Waals surface area contributed by atoms with Crippen molar-refractivity contribution in [1.82, 2.24) is 9.88 Å². The molecule has 1 aromatic carbocycles. The average Bonchev–Trinajstić information content (AvgIpc) is 2.82. The zero-order chi connectivity index (χ0) is 17.0. The van der Waals surface area contributed by atoms with Gasteiger partial charge in [0.15, 0.2) is 0 Å². The quantitative estimate of drug-likeness (QED) is 0.853. The van der Waals surface area contributed by atoms with Gasteiger partial charge in [-0.15, -0.1) is 0 Å². The van der Waals surface area contributed by atoms with E-state index in [1.807, 2.05) is 19.1 Å². The summed E-state index contributed by atoms with van der Waals surface area (Å²) in [6, 6.07) is 7.20. The predicted molar refractivity (Wildman–Crippen MR) is 88.8 cm³/mol. The molecule has 0 aliphatic rings. The van der Waals surface area contributed by atoms with Crippen molar-refractivity contribution in [1.29, 1.82) is 0 Å². The number of carboxylic acids is 1. The minimum absolute atomic E-state index is 0.0386. The lowest BCUT2D eigenvalue weighted by atomic mass is 10.1. The molecule has 1 amide bonds. The van der Waals surface area contributed by atoms with E-state index in [1.165, 1.54) is 0 Å². The number of carbonyl (C=O) groups excluding carboxylic acids is 1. The summed E-state index contributed by atoms with van der Waals surface area (Å²) in [5, 5.41) is 12.8. The monoisotopic (exact) mass is 334 g/mol. The number of halogens is 1. The van der Waals surface area contributed by atoms with Gasteiger partial charge in [-0.1, -0.05) is 23.7 Å². The summed E-state index contributed by atoms with van der Waals surface area (Å²) in [7, 11) is 0. The maximum atomic E-state index is 12.2. The minimum Gasteiger partial charge on any atom is -0.478 e. The van der Waals surface area contributed by atoms with E-state index in [4.69, 9.17) is 11.6 Å². The van der Waals surface area contributed by atoms with Crippen LogP contribution in [-0.2, 0) is 24.3 Å². The number of aryl methyl sites for hydroxylation is 2. The first kappa shape index (κ1) is 17.1.